The minimum atomic E-state index is -0.801. The molecule has 0 spiro atoms. The molecule has 7 heteroatoms. The van der Waals surface area contributed by atoms with Crippen LogP contribution in [0, 0.1) is 5.82 Å². The normalized spacial score (nSPS) is 12.6. The van der Waals surface area contributed by atoms with Gasteiger partial charge in [0.05, 0.1) is 12.6 Å². The second kappa shape index (κ2) is 7.22. The van der Waals surface area contributed by atoms with Crippen LogP contribution in [-0.4, -0.2) is 35.4 Å². The average Bonchev–Trinajstić information content (AvgIpc) is 2.37. The molecule has 22 heavy (non-hydrogen) atoms. The van der Waals surface area contributed by atoms with Crippen LogP contribution in [0.3, 0.4) is 0 Å². The number of halogens is 1. The van der Waals surface area contributed by atoms with E-state index >= 15 is 0 Å². The number of hydrogen-bond donors (Lipinski definition) is 3. The number of aliphatic hydroxyl groups is 1. The van der Waals surface area contributed by atoms with Crippen LogP contribution in [-0.2, 0) is 11.2 Å². The first kappa shape index (κ1) is 17.9. The van der Waals surface area contributed by atoms with Crippen molar-refractivity contribution in [2.75, 3.05) is 6.61 Å². The van der Waals surface area contributed by atoms with Crippen molar-refractivity contribution in [1.82, 2.24) is 5.32 Å². The monoisotopic (exact) mass is 312 g/mol. The average molecular weight is 312 g/mol. The molecule has 122 valence electrons. The Morgan fingerprint density at radius 1 is 1.41 bits per heavy atom. The number of carbonyl (C=O) groups is 2. The second-order valence-electron chi connectivity index (χ2n) is 5.86. The number of ether oxygens (including phenoxy) is 1. The lowest BCUT2D eigenvalue weighted by molar-refractivity contribution is 0.0482. The van der Waals surface area contributed by atoms with Crippen LogP contribution in [0.4, 0.5) is 9.18 Å². The van der Waals surface area contributed by atoms with Gasteiger partial charge in [0.25, 0.3) is 0 Å². The van der Waals surface area contributed by atoms with Crippen LogP contribution < -0.4 is 11.1 Å². The molecule has 0 bridgehead atoms. The highest BCUT2D eigenvalue weighted by Crippen LogP contribution is 2.16. The summed E-state index contributed by atoms with van der Waals surface area (Å²) in [5.74, 6) is -1.40. The van der Waals surface area contributed by atoms with E-state index in [9.17, 15) is 19.1 Å². The predicted octanol–water partition coefficient (Wildman–Crippen LogP) is 1.35. The molecular formula is C15H21FN2O4. The van der Waals surface area contributed by atoms with Crippen LogP contribution in [0.5, 0.6) is 0 Å². The lowest BCUT2D eigenvalue weighted by atomic mass is 9.99. The second-order valence-corrected chi connectivity index (χ2v) is 5.86. The van der Waals surface area contributed by atoms with Gasteiger partial charge < -0.3 is 20.9 Å². The summed E-state index contributed by atoms with van der Waals surface area (Å²) in [4.78, 5) is 23.0. The highest BCUT2D eigenvalue weighted by Gasteiger charge is 2.22. The van der Waals surface area contributed by atoms with E-state index in [4.69, 9.17) is 10.5 Å². The number of carbonyl (C=O) groups excluding carboxylic acids is 2. The van der Waals surface area contributed by atoms with Crippen LogP contribution in [0.2, 0.25) is 0 Å². The van der Waals surface area contributed by atoms with Crippen LogP contribution in [0.15, 0.2) is 18.2 Å². The number of primary amides is 1. The molecule has 0 aliphatic rings. The smallest absolute Gasteiger partial charge is 0.407 e. The van der Waals surface area contributed by atoms with Gasteiger partial charge in [0, 0.05) is 11.1 Å². The van der Waals surface area contributed by atoms with Crippen molar-refractivity contribution in [2.24, 2.45) is 5.73 Å². The van der Waals surface area contributed by atoms with Crippen LogP contribution in [0.25, 0.3) is 0 Å². The largest absolute Gasteiger partial charge is 0.444 e. The Labute approximate surface area is 128 Å². The molecule has 0 heterocycles. The SMILES string of the molecule is CC(C)(C)OC(=O)NC(CO)Cc1c(F)cccc1C(N)=O. The Bertz CT molecular complexity index is 555. The Kier molecular flexibility index (Phi) is 5.87. The minimum Gasteiger partial charge on any atom is -0.444 e. The van der Waals surface area contributed by atoms with E-state index in [0.29, 0.717) is 0 Å². The van der Waals surface area contributed by atoms with Gasteiger partial charge in [-0.05, 0) is 39.3 Å². The summed E-state index contributed by atoms with van der Waals surface area (Å²) >= 11 is 0. The zero-order chi connectivity index (χ0) is 16.9. The number of amides is 2. The molecule has 1 aromatic rings. The van der Waals surface area contributed by atoms with Gasteiger partial charge in [-0.15, -0.1) is 0 Å². The van der Waals surface area contributed by atoms with Gasteiger partial charge in [0.15, 0.2) is 0 Å². The first-order chi connectivity index (χ1) is 10.1. The number of benzene rings is 1. The molecule has 0 saturated carbocycles. The van der Waals surface area contributed by atoms with Crippen molar-refractivity contribution in [3.8, 4) is 0 Å². The Balaban J connectivity index is 2.87. The zero-order valence-corrected chi connectivity index (χ0v) is 12.9. The molecule has 1 rings (SSSR count). The Morgan fingerprint density at radius 3 is 2.55 bits per heavy atom. The first-order valence-corrected chi connectivity index (χ1v) is 6.81. The standard InChI is InChI=1S/C15H21FN2O4/c1-15(2,3)22-14(21)18-9(8-19)7-11-10(13(17)20)5-4-6-12(11)16/h4-6,9,19H,7-8H2,1-3H3,(H2,17,20)(H,18,21). The van der Waals surface area contributed by atoms with Gasteiger partial charge >= 0.3 is 6.09 Å². The maximum atomic E-state index is 13.9. The molecule has 0 aromatic heterocycles. The number of alkyl carbamates (subject to hydrolysis) is 1. The molecular weight excluding hydrogens is 291 g/mol. The fourth-order valence-corrected chi connectivity index (χ4v) is 1.88. The van der Waals surface area contributed by atoms with E-state index in [1.165, 1.54) is 18.2 Å². The van der Waals surface area contributed by atoms with Gasteiger partial charge in [0.1, 0.15) is 11.4 Å². The zero-order valence-electron chi connectivity index (χ0n) is 12.9. The van der Waals surface area contributed by atoms with Gasteiger partial charge in [-0.3, -0.25) is 4.79 Å². The quantitative estimate of drug-likeness (QED) is 0.764. The van der Waals surface area contributed by atoms with Gasteiger partial charge in [-0.25, -0.2) is 9.18 Å². The molecule has 4 N–H and O–H groups in total. The molecule has 2 amide bonds. The summed E-state index contributed by atoms with van der Waals surface area (Å²) in [7, 11) is 0. The highest BCUT2D eigenvalue weighted by atomic mass is 19.1. The van der Waals surface area contributed by atoms with E-state index in [2.05, 4.69) is 5.32 Å². The number of nitrogens with one attached hydrogen (secondary N) is 1. The topological polar surface area (TPSA) is 102 Å². The maximum absolute atomic E-state index is 13.9. The van der Waals surface area contributed by atoms with Crippen LogP contribution in [0.1, 0.15) is 36.7 Å². The predicted molar refractivity (Wildman–Crippen MR) is 78.9 cm³/mol. The fraction of sp³-hybridized carbons (Fsp3) is 0.467. The molecule has 0 fully saturated rings. The number of nitrogens with two attached hydrogens (primary N) is 1. The summed E-state index contributed by atoms with van der Waals surface area (Å²) in [6.45, 7) is 4.65. The van der Waals surface area contributed by atoms with Gasteiger partial charge in [-0.1, -0.05) is 6.07 Å². The summed E-state index contributed by atoms with van der Waals surface area (Å²) < 4.78 is 19.0. The third kappa shape index (κ3) is 5.33. The number of aliphatic hydroxyl groups excluding tert-OH is 1. The minimum absolute atomic E-state index is 0.0180. The van der Waals surface area contributed by atoms with Crippen molar-refractivity contribution < 1.29 is 23.8 Å². The van der Waals surface area contributed by atoms with Crippen molar-refractivity contribution in [1.29, 1.82) is 0 Å². The number of rotatable bonds is 5. The van der Waals surface area contributed by atoms with Crippen molar-refractivity contribution in [3.05, 3.63) is 35.1 Å². The van der Waals surface area contributed by atoms with Crippen LogP contribution >= 0.6 is 0 Å². The van der Waals surface area contributed by atoms with E-state index in [1.54, 1.807) is 20.8 Å². The molecule has 0 radical (unpaired) electrons. The third-order valence-electron chi connectivity index (χ3n) is 2.78. The molecule has 1 unspecified atom stereocenters. The molecule has 6 nitrogen and oxygen atoms in total. The maximum Gasteiger partial charge on any atom is 0.407 e. The summed E-state index contributed by atoms with van der Waals surface area (Å²) in [5, 5.41) is 11.8. The van der Waals surface area contributed by atoms with E-state index in [1.807, 2.05) is 0 Å². The fourth-order valence-electron chi connectivity index (χ4n) is 1.88. The van der Waals surface area contributed by atoms with Crippen molar-refractivity contribution >= 4 is 12.0 Å². The lowest BCUT2D eigenvalue weighted by Gasteiger charge is -2.23. The Morgan fingerprint density at radius 2 is 2.05 bits per heavy atom. The molecule has 0 aliphatic heterocycles. The van der Waals surface area contributed by atoms with Crippen molar-refractivity contribution in [2.45, 2.75) is 38.8 Å². The molecule has 0 saturated heterocycles. The third-order valence-corrected chi connectivity index (χ3v) is 2.78. The summed E-state index contributed by atoms with van der Waals surface area (Å²) in [6, 6.07) is 3.14. The number of hydrogen-bond acceptors (Lipinski definition) is 4. The first-order valence-electron chi connectivity index (χ1n) is 6.81. The van der Waals surface area contributed by atoms with E-state index in [0.717, 1.165) is 0 Å². The Hall–Kier alpha value is -2.15. The summed E-state index contributed by atoms with van der Waals surface area (Å²) in [6.07, 6.45) is -0.816. The van der Waals surface area contributed by atoms with Gasteiger partial charge in [0.2, 0.25) is 5.91 Å². The summed E-state index contributed by atoms with van der Waals surface area (Å²) in [5.41, 5.74) is 4.58. The molecule has 1 atom stereocenters. The van der Waals surface area contributed by atoms with Gasteiger partial charge in [-0.2, -0.15) is 0 Å². The lowest BCUT2D eigenvalue weighted by Crippen LogP contribution is -2.42. The van der Waals surface area contributed by atoms with Crippen molar-refractivity contribution in [3.63, 3.8) is 0 Å². The van der Waals surface area contributed by atoms with E-state index in [-0.39, 0.29) is 17.5 Å². The van der Waals surface area contributed by atoms with E-state index < -0.39 is 36.1 Å². The molecule has 0 aliphatic carbocycles. The molecule has 1 aromatic carbocycles. The highest BCUT2D eigenvalue weighted by molar-refractivity contribution is 5.94.